The number of nitrogens with one attached hydrogen (secondary N) is 1. The molecule has 24 heavy (non-hydrogen) atoms. The Morgan fingerprint density at radius 3 is 2.21 bits per heavy atom. The highest BCUT2D eigenvalue weighted by Gasteiger charge is 2.19. The van der Waals surface area contributed by atoms with Crippen molar-refractivity contribution in [1.29, 1.82) is 0 Å². The Morgan fingerprint density at radius 1 is 0.958 bits per heavy atom. The number of hydrogen-bond donors (Lipinski definition) is 1. The molecule has 3 rings (SSSR count). The van der Waals surface area contributed by atoms with Gasteiger partial charge in [-0.25, -0.2) is 0 Å². The molecule has 0 saturated heterocycles. The molecule has 0 aromatic heterocycles. The van der Waals surface area contributed by atoms with E-state index in [9.17, 15) is 4.79 Å². The topological polar surface area (TPSA) is 47.6 Å². The zero-order valence-corrected chi connectivity index (χ0v) is 14.6. The molecule has 0 aliphatic carbocycles. The fourth-order valence-corrected chi connectivity index (χ4v) is 2.92. The Labute approximate surface area is 142 Å². The van der Waals surface area contributed by atoms with E-state index in [2.05, 4.69) is 51.2 Å². The van der Waals surface area contributed by atoms with Gasteiger partial charge in [-0.3, -0.25) is 4.79 Å². The standard InChI is InChI=1S/C20H23NO3/c1-12(2)15-6-5-7-16(13(3)4)19(15)21-20(22)14-8-9-17-18(10-14)24-11-23-17/h5-10,12-13H,11H2,1-4H3,(H,21,22). The summed E-state index contributed by atoms with van der Waals surface area (Å²) in [6.45, 7) is 8.74. The summed E-state index contributed by atoms with van der Waals surface area (Å²) in [5.41, 5.74) is 3.78. The minimum atomic E-state index is -0.136. The van der Waals surface area contributed by atoms with Crippen LogP contribution in [0.3, 0.4) is 0 Å². The maximum absolute atomic E-state index is 12.8. The molecule has 4 nitrogen and oxygen atoms in total. The summed E-state index contributed by atoms with van der Waals surface area (Å²) in [4.78, 5) is 12.8. The Hall–Kier alpha value is -2.49. The van der Waals surface area contributed by atoms with Gasteiger partial charge in [-0.05, 0) is 41.2 Å². The summed E-state index contributed by atoms with van der Waals surface area (Å²) < 4.78 is 10.7. The van der Waals surface area contributed by atoms with E-state index in [1.54, 1.807) is 18.2 Å². The summed E-state index contributed by atoms with van der Waals surface area (Å²) in [6.07, 6.45) is 0. The third kappa shape index (κ3) is 3.09. The van der Waals surface area contributed by atoms with Crippen molar-refractivity contribution in [2.24, 2.45) is 0 Å². The minimum absolute atomic E-state index is 0.136. The molecule has 1 N–H and O–H groups in total. The van der Waals surface area contributed by atoms with Crippen LogP contribution in [-0.4, -0.2) is 12.7 Å². The van der Waals surface area contributed by atoms with E-state index in [4.69, 9.17) is 9.47 Å². The first kappa shape index (κ1) is 16.4. The number of para-hydroxylation sites is 1. The van der Waals surface area contributed by atoms with Crippen molar-refractivity contribution in [3.8, 4) is 11.5 Å². The molecule has 4 heteroatoms. The van der Waals surface area contributed by atoms with Gasteiger partial charge in [-0.1, -0.05) is 45.9 Å². The second-order valence-corrected chi connectivity index (χ2v) is 6.64. The number of carbonyl (C=O) groups is 1. The van der Waals surface area contributed by atoms with E-state index in [0.29, 0.717) is 28.9 Å². The predicted octanol–water partition coefficient (Wildman–Crippen LogP) is 4.91. The molecule has 0 spiro atoms. The first-order valence-electron chi connectivity index (χ1n) is 8.31. The smallest absolute Gasteiger partial charge is 0.255 e. The monoisotopic (exact) mass is 325 g/mol. The van der Waals surface area contributed by atoms with Crippen LogP contribution in [0.4, 0.5) is 5.69 Å². The molecular weight excluding hydrogens is 302 g/mol. The van der Waals surface area contributed by atoms with Gasteiger partial charge in [0.15, 0.2) is 11.5 Å². The molecule has 0 fully saturated rings. The highest BCUT2D eigenvalue weighted by molar-refractivity contribution is 6.05. The Kier molecular flexibility index (Phi) is 4.47. The van der Waals surface area contributed by atoms with Crippen LogP contribution in [0, 0.1) is 0 Å². The highest BCUT2D eigenvalue weighted by Crippen LogP contribution is 2.35. The summed E-state index contributed by atoms with van der Waals surface area (Å²) in [6, 6.07) is 11.5. The fourth-order valence-electron chi connectivity index (χ4n) is 2.92. The average Bonchev–Trinajstić information content (AvgIpc) is 3.02. The van der Waals surface area contributed by atoms with E-state index in [1.807, 2.05) is 0 Å². The number of carbonyl (C=O) groups excluding carboxylic acids is 1. The molecule has 1 amide bonds. The van der Waals surface area contributed by atoms with Crippen LogP contribution in [0.1, 0.15) is 61.0 Å². The first-order chi connectivity index (χ1) is 11.5. The second kappa shape index (κ2) is 6.56. The molecule has 1 aliphatic rings. The van der Waals surface area contributed by atoms with Crippen LogP contribution in [0.25, 0.3) is 0 Å². The molecule has 126 valence electrons. The normalized spacial score (nSPS) is 12.8. The molecule has 0 saturated carbocycles. The van der Waals surface area contributed by atoms with Crippen molar-refractivity contribution >= 4 is 11.6 Å². The van der Waals surface area contributed by atoms with Crippen LogP contribution in [-0.2, 0) is 0 Å². The molecule has 0 bridgehead atoms. The van der Waals surface area contributed by atoms with Crippen LogP contribution in [0.15, 0.2) is 36.4 Å². The quantitative estimate of drug-likeness (QED) is 0.868. The van der Waals surface area contributed by atoms with Crippen molar-refractivity contribution in [3.63, 3.8) is 0 Å². The van der Waals surface area contributed by atoms with Gasteiger partial charge in [-0.15, -0.1) is 0 Å². The van der Waals surface area contributed by atoms with E-state index in [0.717, 1.165) is 16.8 Å². The number of anilines is 1. The van der Waals surface area contributed by atoms with Crippen molar-refractivity contribution < 1.29 is 14.3 Å². The van der Waals surface area contributed by atoms with Gasteiger partial charge in [0.05, 0.1) is 0 Å². The first-order valence-corrected chi connectivity index (χ1v) is 8.31. The zero-order valence-electron chi connectivity index (χ0n) is 14.6. The van der Waals surface area contributed by atoms with Gasteiger partial charge in [0, 0.05) is 11.3 Å². The van der Waals surface area contributed by atoms with Gasteiger partial charge in [0.2, 0.25) is 6.79 Å². The van der Waals surface area contributed by atoms with E-state index < -0.39 is 0 Å². The summed E-state index contributed by atoms with van der Waals surface area (Å²) in [7, 11) is 0. The molecule has 1 aliphatic heterocycles. The third-order valence-electron chi connectivity index (χ3n) is 4.25. The Bertz CT molecular complexity index is 739. The van der Waals surface area contributed by atoms with Crippen LogP contribution in [0.2, 0.25) is 0 Å². The molecule has 2 aromatic rings. The maximum atomic E-state index is 12.8. The lowest BCUT2D eigenvalue weighted by Gasteiger charge is -2.20. The summed E-state index contributed by atoms with van der Waals surface area (Å²) in [5.74, 6) is 1.82. The van der Waals surface area contributed by atoms with Gasteiger partial charge >= 0.3 is 0 Å². The summed E-state index contributed by atoms with van der Waals surface area (Å²) in [5, 5.41) is 3.11. The SMILES string of the molecule is CC(C)c1cccc(C(C)C)c1NC(=O)c1ccc2c(c1)OCO2. The fraction of sp³-hybridized carbons (Fsp3) is 0.350. The van der Waals surface area contributed by atoms with Gasteiger partial charge in [0.1, 0.15) is 0 Å². The van der Waals surface area contributed by atoms with Crippen LogP contribution in [0.5, 0.6) is 11.5 Å². The highest BCUT2D eigenvalue weighted by atomic mass is 16.7. The molecule has 1 heterocycles. The lowest BCUT2D eigenvalue weighted by Crippen LogP contribution is -2.16. The van der Waals surface area contributed by atoms with E-state index in [-0.39, 0.29) is 12.7 Å². The lowest BCUT2D eigenvalue weighted by molar-refractivity contribution is 0.102. The number of rotatable bonds is 4. The van der Waals surface area contributed by atoms with E-state index in [1.165, 1.54) is 0 Å². The van der Waals surface area contributed by atoms with Crippen molar-refractivity contribution in [3.05, 3.63) is 53.1 Å². The van der Waals surface area contributed by atoms with Crippen LogP contribution < -0.4 is 14.8 Å². The lowest BCUT2D eigenvalue weighted by atomic mass is 9.92. The van der Waals surface area contributed by atoms with Crippen molar-refractivity contribution in [2.45, 2.75) is 39.5 Å². The number of hydrogen-bond acceptors (Lipinski definition) is 3. The molecule has 2 aromatic carbocycles. The van der Waals surface area contributed by atoms with Gasteiger partial charge in [0.25, 0.3) is 5.91 Å². The van der Waals surface area contributed by atoms with Gasteiger partial charge in [-0.2, -0.15) is 0 Å². The molecule has 0 atom stereocenters. The second-order valence-electron chi connectivity index (χ2n) is 6.64. The molecule has 0 unspecified atom stereocenters. The molecule has 0 radical (unpaired) electrons. The Morgan fingerprint density at radius 2 is 1.58 bits per heavy atom. The number of ether oxygens (including phenoxy) is 2. The Balaban J connectivity index is 1.94. The van der Waals surface area contributed by atoms with E-state index >= 15 is 0 Å². The van der Waals surface area contributed by atoms with Crippen LogP contribution >= 0.6 is 0 Å². The molecular formula is C20H23NO3. The third-order valence-corrected chi connectivity index (χ3v) is 4.25. The number of fused-ring (bicyclic) bond motifs is 1. The van der Waals surface area contributed by atoms with Crippen molar-refractivity contribution in [1.82, 2.24) is 0 Å². The minimum Gasteiger partial charge on any atom is -0.454 e. The number of amides is 1. The predicted molar refractivity (Wildman–Crippen MR) is 95.1 cm³/mol. The van der Waals surface area contributed by atoms with Crippen molar-refractivity contribution in [2.75, 3.05) is 12.1 Å². The summed E-state index contributed by atoms with van der Waals surface area (Å²) >= 11 is 0. The largest absolute Gasteiger partial charge is 0.454 e. The number of benzene rings is 2. The van der Waals surface area contributed by atoms with Gasteiger partial charge < -0.3 is 14.8 Å². The zero-order chi connectivity index (χ0) is 17.3. The maximum Gasteiger partial charge on any atom is 0.255 e. The average molecular weight is 325 g/mol.